The highest BCUT2D eigenvalue weighted by molar-refractivity contribution is 7.99. The molecule has 0 radical (unpaired) electrons. The van der Waals surface area contributed by atoms with E-state index in [-0.39, 0.29) is 48.8 Å². The number of unbranched alkanes of at least 4 members (excludes halogenated alkanes) is 4. The molecule has 59 heavy (non-hydrogen) atoms. The van der Waals surface area contributed by atoms with E-state index in [1.54, 1.807) is 12.1 Å². The molecule has 2 fully saturated rings. The molecule has 316 valence electrons. The summed E-state index contributed by atoms with van der Waals surface area (Å²) in [7, 11) is 3.01. The summed E-state index contributed by atoms with van der Waals surface area (Å²) in [5.41, 5.74) is 4.39. The number of methoxy groups -OCH3 is 2. The van der Waals surface area contributed by atoms with Gasteiger partial charge in [-0.05, 0) is 67.5 Å². The number of esters is 2. The predicted octanol–water partition coefficient (Wildman–Crippen LogP) is 5.41. The second-order valence-electron chi connectivity index (χ2n) is 16.5. The van der Waals surface area contributed by atoms with Crippen LogP contribution in [0.1, 0.15) is 107 Å². The molecule has 3 aromatic carbocycles. The van der Waals surface area contributed by atoms with Crippen LogP contribution in [0.15, 0.2) is 18.2 Å². The zero-order valence-electron chi connectivity index (χ0n) is 34.1. The van der Waals surface area contributed by atoms with Crippen molar-refractivity contribution < 1.29 is 53.3 Å². The lowest BCUT2D eigenvalue weighted by Gasteiger charge is -2.59. The zero-order chi connectivity index (χ0) is 41.3. The number of hydrogen-bond acceptors (Lipinski definition) is 15. The number of phenolic OH excluding ortho intramolecular Hbond substituents is 2. The summed E-state index contributed by atoms with van der Waals surface area (Å²) in [6.07, 6.45) is 5.03. The highest BCUT2D eigenvalue weighted by Crippen LogP contribution is 2.63. The second kappa shape index (κ2) is 15.6. The third kappa shape index (κ3) is 6.29. The number of aliphatic hydroxyl groups is 1. The van der Waals surface area contributed by atoms with E-state index in [0.29, 0.717) is 76.6 Å². The van der Waals surface area contributed by atoms with Crippen LogP contribution in [0, 0.1) is 13.8 Å². The average Bonchev–Trinajstić information content (AvgIpc) is 3.72. The molecule has 7 aliphatic rings. The number of benzene rings is 3. The summed E-state index contributed by atoms with van der Waals surface area (Å²) < 4.78 is 36.6. The molecule has 7 heterocycles. The highest BCUT2D eigenvalue weighted by Gasteiger charge is 2.60. The maximum absolute atomic E-state index is 14.8. The number of carbonyl (C=O) groups is 2. The number of rotatable bonds is 9. The molecule has 0 aliphatic carbocycles. The lowest BCUT2D eigenvalue weighted by Crippen LogP contribution is -2.69. The highest BCUT2D eigenvalue weighted by atomic mass is 32.2. The van der Waals surface area contributed by atoms with E-state index >= 15 is 0 Å². The molecule has 15 heteroatoms. The van der Waals surface area contributed by atoms with Crippen molar-refractivity contribution in [2.45, 2.75) is 113 Å². The maximum atomic E-state index is 14.8. The van der Waals surface area contributed by atoms with E-state index in [1.807, 2.05) is 24.8 Å². The molecule has 1 spiro atoms. The quantitative estimate of drug-likeness (QED) is 0.105. The number of piperazine rings is 1. The van der Waals surface area contributed by atoms with Gasteiger partial charge < -0.3 is 49.1 Å². The number of aliphatic hydroxyl groups excluding tert-OH is 1. The molecular formula is C44H53N3O11S. The first-order valence-electron chi connectivity index (χ1n) is 20.7. The van der Waals surface area contributed by atoms with Gasteiger partial charge in [-0.2, -0.15) is 0 Å². The minimum absolute atomic E-state index is 0.0190. The van der Waals surface area contributed by atoms with Crippen molar-refractivity contribution in [1.29, 1.82) is 0 Å². The molecule has 5 N–H and O–H groups in total. The Morgan fingerprint density at radius 1 is 0.983 bits per heavy atom. The Kier molecular flexibility index (Phi) is 10.6. The fourth-order valence-corrected chi connectivity index (χ4v) is 12.2. The van der Waals surface area contributed by atoms with Gasteiger partial charge in [-0.25, -0.2) is 4.79 Å². The van der Waals surface area contributed by atoms with E-state index in [2.05, 4.69) is 17.6 Å². The summed E-state index contributed by atoms with van der Waals surface area (Å²) >= 11 is 1.48. The number of aryl methyl sites for hydroxylation is 1. The second-order valence-corrected chi connectivity index (χ2v) is 17.7. The minimum atomic E-state index is -1.36. The topological polar surface area (TPSA) is 178 Å². The molecule has 2 saturated heterocycles. The van der Waals surface area contributed by atoms with E-state index in [4.69, 9.17) is 28.4 Å². The smallest absolute Gasteiger partial charge is 0.331 e. The minimum Gasteiger partial charge on any atom is -0.504 e. The Balaban J connectivity index is 1.25. The SMILES string of the molecule is CCCCCCCC(=O)Oc1c(C)c2c(c3c1[C@H]1SC[C@]4(NCCc5cc(O)c(OC)cc54)C(=O)OC[C@@H]3N3C1[C@@H]1N[C@H](Cc4cc(C)c(OC)c(O)c41)[C@@H]3O)OCO2. The van der Waals surface area contributed by atoms with Crippen molar-refractivity contribution in [3.8, 4) is 40.2 Å². The summed E-state index contributed by atoms with van der Waals surface area (Å²) in [4.78, 5) is 30.7. The number of hydrogen-bond donors (Lipinski definition) is 5. The zero-order valence-corrected chi connectivity index (χ0v) is 35.0. The van der Waals surface area contributed by atoms with Crippen LogP contribution in [-0.2, 0) is 32.7 Å². The molecule has 10 rings (SSSR count). The lowest BCUT2D eigenvalue weighted by atomic mass is 9.74. The predicted molar refractivity (Wildman–Crippen MR) is 218 cm³/mol. The van der Waals surface area contributed by atoms with Crippen molar-refractivity contribution in [3.05, 3.63) is 62.7 Å². The number of phenols is 2. The number of carbonyl (C=O) groups excluding carboxylic acids is 2. The molecule has 3 aromatic rings. The van der Waals surface area contributed by atoms with Crippen LogP contribution in [0.3, 0.4) is 0 Å². The first-order valence-corrected chi connectivity index (χ1v) is 21.8. The largest absolute Gasteiger partial charge is 0.504 e. The van der Waals surface area contributed by atoms with Crippen LogP contribution in [0.4, 0.5) is 0 Å². The molecular weight excluding hydrogens is 779 g/mol. The Morgan fingerprint density at radius 2 is 1.78 bits per heavy atom. The summed E-state index contributed by atoms with van der Waals surface area (Å²) in [5.74, 6) is 1.18. The Morgan fingerprint density at radius 3 is 2.56 bits per heavy atom. The first-order chi connectivity index (χ1) is 28.5. The molecule has 0 amide bonds. The number of nitrogens with one attached hydrogen (secondary N) is 2. The number of ether oxygens (including phenoxy) is 6. The van der Waals surface area contributed by atoms with Gasteiger partial charge in [-0.1, -0.05) is 38.7 Å². The molecule has 7 aliphatic heterocycles. The van der Waals surface area contributed by atoms with Gasteiger partial charge in [-0.3, -0.25) is 15.0 Å². The Bertz CT molecular complexity index is 2200. The Labute approximate surface area is 347 Å². The number of thioether (sulfide) groups is 1. The number of fused-ring (bicyclic) bond motifs is 9. The van der Waals surface area contributed by atoms with Gasteiger partial charge in [0.2, 0.25) is 6.79 Å². The maximum Gasteiger partial charge on any atom is 0.331 e. The monoisotopic (exact) mass is 831 g/mol. The van der Waals surface area contributed by atoms with Gasteiger partial charge in [0.15, 0.2) is 40.0 Å². The van der Waals surface area contributed by atoms with Gasteiger partial charge in [-0.15, -0.1) is 11.8 Å². The summed E-state index contributed by atoms with van der Waals surface area (Å²) in [6, 6.07) is 3.02. The van der Waals surface area contributed by atoms with Crippen LogP contribution in [0.25, 0.3) is 0 Å². The van der Waals surface area contributed by atoms with Crippen molar-refractivity contribution in [2.75, 3.05) is 39.9 Å². The van der Waals surface area contributed by atoms with Gasteiger partial charge >= 0.3 is 11.9 Å². The van der Waals surface area contributed by atoms with Crippen molar-refractivity contribution in [3.63, 3.8) is 0 Å². The standard InChI is InChI=1S/C44H53N3O11S/c1-6-7-8-9-10-11-30(49)58-38-22(3)39-40(57-20-56-39)32-27-18-55-43(52)44(25-17-29(53-4)28(48)16-23(25)12-13-45-44)19-59-41(33(32)38)35-34-31-24(14-21(2)37(54-5)36(31)50)15-26(46-34)42(51)47(27)35/h14,16-17,26-27,34-35,41-42,45-46,48,50-51H,6-13,15,18-20H2,1-5H3/t26-,27+,34-,35?,41-,42+,44-/m1/s1. The van der Waals surface area contributed by atoms with E-state index in [0.717, 1.165) is 42.4 Å². The van der Waals surface area contributed by atoms with Crippen LogP contribution < -0.4 is 34.3 Å². The summed E-state index contributed by atoms with van der Waals surface area (Å²) in [6.45, 7) is 6.11. The molecule has 0 saturated carbocycles. The van der Waals surface area contributed by atoms with Gasteiger partial charge in [0, 0.05) is 47.0 Å². The van der Waals surface area contributed by atoms with Crippen LogP contribution >= 0.6 is 11.8 Å². The molecule has 14 nitrogen and oxygen atoms in total. The molecule has 1 unspecified atom stereocenters. The van der Waals surface area contributed by atoms with Crippen molar-refractivity contribution in [2.24, 2.45) is 0 Å². The van der Waals surface area contributed by atoms with Crippen LogP contribution in [0.2, 0.25) is 0 Å². The van der Waals surface area contributed by atoms with Crippen LogP contribution in [0.5, 0.6) is 40.2 Å². The fraction of sp³-hybridized carbons (Fsp3) is 0.545. The lowest BCUT2D eigenvalue weighted by molar-refractivity contribution is -0.164. The van der Waals surface area contributed by atoms with E-state index < -0.39 is 47.2 Å². The van der Waals surface area contributed by atoms with Gasteiger partial charge in [0.25, 0.3) is 0 Å². The van der Waals surface area contributed by atoms with E-state index in [1.165, 1.54) is 26.0 Å². The van der Waals surface area contributed by atoms with Gasteiger partial charge in [0.05, 0.1) is 37.6 Å². The fourth-order valence-electron chi connectivity index (χ4n) is 10.5. The molecule has 4 bridgehead atoms. The van der Waals surface area contributed by atoms with Crippen molar-refractivity contribution in [1.82, 2.24) is 15.5 Å². The molecule has 0 aromatic heterocycles. The Hall–Kier alpha value is -4.41. The first kappa shape index (κ1) is 40.0. The van der Waals surface area contributed by atoms with Gasteiger partial charge in [0.1, 0.15) is 18.6 Å². The molecule has 7 atom stereocenters. The third-order valence-corrected chi connectivity index (χ3v) is 14.7. The normalized spacial score (nSPS) is 27.6. The average molecular weight is 832 g/mol. The third-order valence-electron chi connectivity index (χ3n) is 13.2. The van der Waals surface area contributed by atoms with Crippen molar-refractivity contribution >= 4 is 23.7 Å². The number of aromatic hydroxyl groups is 2. The van der Waals surface area contributed by atoms with Crippen LogP contribution in [-0.4, -0.2) is 90.4 Å². The van der Waals surface area contributed by atoms with E-state index in [9.17, 15) is 24.9 Å². The summed E-state index contributed by atoms with van der Waals surface area (Å²) in [5, 5.41) is 41.9. The number of nitrogens with zero attached hydrogens (tertiary/aromatic N) is 1.